The highest BCUT2D eigenvalue weighted by Gasteiger charge is 2.43. The fourth-order valence-electron chi connectivity index (χ4n) is 2.96. The highest BCUT2D eigenvalue weighted by atomic mass is 32.1. The van der Waals surface area contributed by atoms with E-state index in [0.29, 0.717) is 0 Å². The standard InChI is InChI=1S/C15H23N3O2S/c1-7(2)12-14(19)17-9(4)15(20)18(12)10(5)13-8(3)16-11(6)21-13/h7,9-10,12H,1-6H3,(H,17,19). The Morgan fingerprint density at radius 1 is 1.24 bits per heavy atom. The Morgan fingerprint density at radius 2 is 1.86 bits per heavy atom. The van der Waals surface area contributed by atoms with E-state index in [4.69, 9.17) is 0 Å². The number of nitrogens with one attached hydrogen (secondary N) is 1. The Bertz CT molecular complexity index is 567. The monoisotopic (exact) mass is 309 g/mol. The summed E-state index contributed by atoms with van der Waals surface area (Å²) in [6.07, 6.45) is 0. The van der Waals surface area contributed by atoms with Gasteiger partial charge in [0.15, 0.2) is 0 Å². The minimum Gasteiger partial charge on any atom is -0.343 e. The molecule has 1 aromatic heterocycles. The Hall–Kier alpha value is -1.43. The summed E-state index contributed by atoms with van der Waals surface area (Å²) >= 11 is 1.60. The van der Waals surface area contributed by atoms with Crippen molar-refractivity contribution in [3.05, 3.63) is 15.6 Å². The second-order valence-corrected chi connectivity index (χ2v) is 7.26. The van der Waals surface area contributed by atoms with Crippen LogP contribution in [0.15, 0.2) is 0 Å². The van der Waals surface area contributed by atoms with E-state index in [0.717, 1.165) is 15.6 Å². The number of aryl methyl sites for hydroxylation is 2. The number of amides is 2. The van der Waals surface area contributed by atoms with Crippen LogP contribution in [-0.4, -0.2) is 33.8 Å². The third kappa shape index (κ3) is 2.81. The molecule has 2 heterocycles. The van der Waals surface area contributed by atoms with Crippen molar-refractivity contribution in [2.24, 2.45) is 5.92 Å². The lowest BCUT2D eigenvalue weighted by molar-refractivity contribution is -0.153. The predicted molar refractivity (Wildman–Crippen MR) is 83.1 cm³/mol. The van der Waals surface area contributed by atoms with E-state index in [1.54, 1.807) is 23.2 Å². The summed E-state index contributed by atoms with van der Waals surface area (Å²) in [6, 6.07) is -1.03. The number of thiazole rings is 1. The molecule has 1 N–H and O–H groups in total. The van der Waals surface area contributed by atoms with Gasteiger partial charge in [-0.2, -0.15) is 0 Å². The van der Waals surface area contributed by atoms with E-state index < -0.39 is 12.1 Å². The zero-order valence-corrected chi connectivity index (χ0v) is 14.2. The van der Waals surface area contributed by atoms with Crippen LogP contribution in [0.2, 0.25) is 0 Å². The van der Waals surface area contributed by atoms with Gasteiger partial charge in [0.05, 0.1) is 16.7 Å². The molecule has 0 aliphatic carbocycles. The molecular formula is C15H23N3O2S. The van der Waals surface area contributed by atoms with Gasteiger partial charge in [0.1, 0.15) is 12.1 Å². The molecule has 1 saturated heterocycles. The first kappa shape index (κ1) is 15.9. The number of aromatic nitrogens is 1. The van der Waals surface area contributed by atoms with Crippen molar-refractivity contribution in [1.82, 2.24) is 15.2 Å². The molecule has 0 saturated carbocycles. The van der Waals surface area contributed by atoms with Gasteiger partial charge in [0.2, 0.25) is 11.8 Å². The van der Waals surface area contributed by atoms with E-state index in [9.17, 15) is 9.59 Å². The van der Waals surface area contributed by atoms with E-state index in [1.165, 1.54) is 0 Å². The molecule has 21 heavy (non-hydrogen) atoms. The summed E-state index contributed by atoms with van der Waals surface area (Å²) in [5.74, 6) is -0.0210. The molecule has 2 amide bonds. The maximum atomic E-state index is 12.6. The Labute approximate surface area is 129 Å². The number of rotatable bonds is 3. The van der Waals surface area contributed by atoms with Crippen molar-refractivity contribution in [1.29, 1.82) is 0 Å². The second kappa shape index (κ2) is 5.75. The molecular weight excluding hydrogens is 286 g/mol. The molecule has 0 aromatic carbocycles. The molecule has 1 aliphatic rings. The van der Waals surface area contributed by atoms with Crippen LogP contribution in [0.4, 0.5) is 0 Å². The average molecular weight is 309 g/mol. The number of piperazine rings is 1. The lowest BCUT2D eigenvalue weighted by atomic mass is 9.95. The molecule has 1 fully saturated rings. The van der Waals surface area contributed by atoms with E-state index in [-0.39, 0.29) is 23.8 Å². The van der Waals surface area contributed by atoms with Crippen molar-refractivity contribution in [2.75, 3.05) is 0 Å². The SMILES string of the molecule is Cc1nc(C)c(C(C)N2C(=O)C(C)NC(=O)C2C(C)C)s1. The second-order valence-electron chi connectivity index (χ2n) is 6.02. The van der Waals surface area contributed by atoms with Crippen LogP contribution in [0.3, 0.4) is 0 Å². The summed E-state index contributed by atoms with van der Waals surface area (Å²) in [6.45, 7) is 11.6. The summed E-state index contributed by atoms with van der Waals surface area (Å²) in [4.78, 5) is 32.2. The molecule has 5 nitrogen and oxygen atoms in total. The molecule has 6 heteroatoms. The van der Waals surface area contributed by atoms with Gasteiger partial charge in [-0.1, -0.05) is 13.8 Å². The molecule has 2 rings (SSSR count). The maximum Gasteiger partial charge on any atom is 0.246 e. The van der Waals surface area contributed by atoms with Crippen LogP contribution in [0.25, 0.3) is 0 Å². The zero-order valence-electron chi connectivity index (χ0n) is 13.4. The van der Waals surface area contributed by atoms with Crippen LogP contribution in [0.1, 0.15) is 49.3 Å². The molecule has 1 aromatic rings. The number of hydrogen-bond acceptors (Lipinski definition) is 4. The summed E-state index contributed by atoms with van der Waals surface area (Å²) in [7, 11) is 0. The van der Waals surface area contributed by atoms with Crippen molar-refractivity contribution in [3.63, 3.8) is 0 Å². The minimum atomic E-state index is -0.468. The van der Waals surface area contributed by atoms with Crippen LogP contribution >= 0.6 is 11.3 Å². The van der Waals surface area contributed by atoms with Gasteiger partial charge in [0, 0.05) is 4.88 Å². The van der Waals surface area contributed by atoms with Crippen LogP contribution in [0.5, 0.6) is 0 Å². The number of carbonyl (C=O) groups excluding carboxylic acids is 2. The third-order valence-corrected chi connectivity index (χ3v) is 5.16. The normalized spacial score (nSPS) is 24.4. The highest BCUT2D eigenvalue weighted by Crippen LogP contribution is 2.33. The van der Waals surface area contributed by atoms with Crippen molar-refractivity contribution >= 4 is 23.2 Å². The van der Waals surface area contributed by atoms with Crippen LogP contribution in [0, 0.1) is 19.8 Å². The van der Waals surface area contributed by atoms with Crippen LogP contribution in [-0.2, 0) is 9.59 Å². The lowest BCUT2D eigenvalue weighted by Gasteiger charge is -2.43. The van der Waals surface area contributed by atoms with Gasteiger partial charge < -0.3 is 10.2 Å². The Morgan fingerprint density at radius 3 is 2.33 bits per heavy atom. The van der Waals surface area contributed by atoms with Crippen molar-refractivity contribution in [3.8, 4) is 0 Å². The van der Waals surface area contributed by atoms with Gasteiger partial charge in [-0.3, -0.25) is 9.59 Å². The molecule has 0 radical (unpaired) electrons. The largest absolute Gasteiger partial charge is 0.343 e. The fourth-order valence-corrected chi connectivity index (χ4v) is 3.94. The van der Waals surface area contributed by atoms with Gasteiger partial charge in [-0.25, -0.2) is 4.98 Å². The quantitative estimate of drug-likeness (QED) is 0.931. The molecule has 3 unspecified atom stereocenters. The topological polar surface area (TPSA) is 62.3 Å². The molecule has 3 atom stereocenters. The van der Waals surface area contributed by atoms with Crippen LogP contribution < -0.4 is 5.32 Å². The molecule has 116 valence electrons. The van der Waals surface area contributed by atoms with Crippen molar-refractivity contribution in [2.45, 2.75) is 59.7 Å². The van der Waals surface area contributed by atoms with Gasteiger partial charge in [0.25, 0.3) is 0 Å². The first-order valence-electron chi connectivity index (χ1n) is 7.30. The molecule has 1 aliphatic heterocycles. The van der Waals surface area contributed by atoms with E-state index in [1.807, 2.05) is 34.6 Å². The Balaban J connectivity index is 2.42. The van der Waals surface area contributed by atoms with E-state index in [2.05, 4.69) is 10.3 Å². The van der Waals surface area contributed by atoms with Crippen molar-refractivity contribution < 1.29 is 9.59 Å². The van der Waals surface area contributed by atoms with Gasteiger partial charge in [-0.05, 0) is 33.6 Å². The Kier molecular flexibility index (Phi) is 4.37. The number of carbonyl (C=O) groups is 2. The first-order valence-corrected chi connectivity index (χ1v) is 8.12. The minimum absolute atomic E-state index is 0.0220. The number of nitrogens with zero attached hydrogens (tertiary/aromatic N) is 2. The lowest BCUT2D eigenvalue weighted by Crippen LogP contribution is -2.64. The molecule has 0 spiro atoms. The smallest absolute Gasteiger partial charge is 0.246 e. The van der Waals surface area contributed by atoms with Gasteiger partial charge in [-0.15, -0.1) is 11.3 Å². The highest BCUT2D eigenvalue weighted by molar-refractivity contribution is 7.11. The average Bonchev–Trinajstić information content (AvgIpc) is 2.71. The maximum absolute atomic E-state index is 12.6. The first-order chi connectivity index (χ1) is 9.73. The number of hydrogen-bond donors (Lipinski definition) is 1. The summed E-state index contributed by atoms with van der Waals surface area (Å²) < 4.78 is 0. The molecule has 0 bridgehead atoms. The summed E-state index contributed by atoms with van der Waals surface area (Å²) in [5, 5.41) is 3.76. The summed E-state index contributed by atoms with van der Waals surface area (Å²) in [5.41, 5.74) is 0.943. The van der Waals surface area contributed by atoms with E-state index >= 15 is 0 Å². The fraction of sp³-hybridized carbons (Fsp3) is 0.667. The third-order valence-electron chi connectivity index (χ3n) is 3.92. The predicted octanol–water partition coefficient (Wildman–Crippen LogP) is 2.19. The zero-order chi connectivity index (χ0) is 15.9. The van der Waals surface area contributed by atoms with Gasteiger partial charge >= 0.3 is 0 Å².